The van der Waals surface area contributed by atoms with Crippen molar-refractivity contribution < 1.29 is 9.53 Å². The van der Waals surface area contributed by atoms with Crippen molar-refractivity contribution in [3.63, 3.8) is 0 Å². The van der Waals surface area contributed by atoms with Crippen molar-refractivity contribution in [3.05, 3.63) is 18.2 Å². The predicted octanol–water partition coefficient (Wildman–Crippen LogP) is 2.33. The molecule has 106 valence electrons. The first-order valence-corrected chi connectivity index (χ1v) is 7.78. The minimum Gasteiger partial charge on any atom is -0.494 e. The number of amides is 1. The summed E-state index contributed by atoms with van der Waals surface area (Å²) < 4.78 is 5.45. The average Bonchev–Trinajstić information content (AvgIpc) is 3.14. The monoisotopic (exact) mass is 291 g/mol. The second-order valence-electron chi connectivity index (χ2n) is 4.78. The maximum Gasteiger partial charge on any atom is 0.230 e. The summed E-state index contributed by atoms with van der Waals surface area (Å²) in [5.74, 6) is 1.30. The van der Waals surface area contributed by atoms with E-state index in [-0.39, 0.29) is 5.91 Å². The van der Waals surface area contributed by atoms with Crippen molar-refractivity contribution in [1.82, 2.24) is 15.3 Å². The van der Waals surface area contributed by atoms with E-state index in [1.807, 2.05) is 25.1 Å². The van der Waals surface area contributed by atoms with Crippen LogP contribution >= 0.6 is 11.8 Å². The summed E-state index contributed by atoms with van der Waals surface area (Å²) in [5.41, 5.74) is 1.82. The molecule has 6 heteroatoms. The van der Waals surface area contributed by atoms with Crippen LogP contribution in [0.5, 0.6) is 5.75 Å². The van der Waals surface area contributed by atoms with Crippen molar-refractivity contribution in [2.75, 3.05) is 12.4 Å². The summed E-state index contributed by atoms with van der Waals surface area (Å²) >= 11 is 1.42. The Kier molecular flexibility index (Phi) is 3.82. The predicted molar refractivity (Wildman–Crippen MR) is 79.2 cm³/mol. The third kappa shape index (κ3) is 3.25. The Labute approximate surface area is 121 Å². The molecule has 2 aromatic rings. The minimum atomic E-state index is 0.0768. The standard InChI is InChI=1S/C14H17N3O2S/c1-2-19-10-5-6-11-12(7-10)17-14(16-11)20-8-13(18)15-9-3-4-9/h5-7,9H,2-4,8H2,1H3,(H,15,18)(H,16,17). The maximum absolute atomic E-state index is 11.6. The topological polar surface area (TPSA) is 67.0 Å². The zero-order valence-electron chi connectivity index (χ0n) is 11.3. The van der Waals surface area contributed by atoms with Crippen LogP contribution in [0.1, 0.15) is 19.8 Å². The summed E-state index contributed by atoms with van der Waals surface area (Å²) in [6.45, 7) is 2.60. The molecule has 1 fully saturated rings. The first-order valence-electron chi connectivity index (χ1n) is 6.79. The van der Waals surface area contributed by atoms with Gasteiger partial charge < -0.3 is 15.0 Å². The Morgan fingerprint density at radius 3 is 3.15 bits per heavy atom. The van der Waals surface area contributed by atoms with Crippen LogP contribution in [0.2, 0.25) is 0 Å². The molecule has 0 radical (unpaired) electrons. The number of rotatable bonds is 6. The molecular formula is C14H17N3O2S. The second-order valence-corrected chi connectivity index (χ2v) is 5.75. The summed E-state index contributed by atoms with van der Waals surface area (Å²) in [7, 11) is 0. The lowest BCUT2D eigenvalue weighted by atomic mass is 10.3. The van der Waals surface area contributed by atoms with Crippen LogP contribution in [0.4, 0.5) is 0 Å². The van der Waals surface area contributed by atoms with E-state index in [1.165, 1.54) is 11.8 Å². The molecule has 1 amide bonds. The highest BCUT2D eigenvalue weighted by Gasteiger charge is 2.23. The van der Waals surface area contributed by atoms with E-state index in [1.54, 1.807) is 0 Å². The number of aromatic amines is 1. The highest BCUT2D eigenvalue weighted by molar-refractivity contribution is 7.99. The van der Waals surface area contributed by atoms with Crippen LogP contribution in [-0.2, 0) is 4.79 Å². The molecule has 1 heterocycles. The lowest BCUT2D eigenvalue weighted by Crippen LogP contribution is -2.27. The SMILES string of the molecule is CCOc1ccc2nc(SCC(=O)NC3CC3)[nH]c2c1. The number of nitrogens with zero attached hydrogens (tertiary/aromatic N) is 1. The van der Waals surface area contributed by atoms with Gasteiger partial charge in [0.15, 0.2) is 5.16 Å². The summed E-state index contributed by atoms with van der Waals surface area (Å²) in [6.07, 6.45) is 2.22. The number of ether oxygens (including phenoxy) is 1. The van der Waals surface area contributed by atoms with Gasteiger partial charge in [0.2, 0.25) is 5.91 Å². The number of thioether (sulfide) groups is 1. The van der Waals surface area contributed by atoms with Crippen molar-refractivity contribution in [1.29, 1.82) is 0 Å². The molecule has 1 aromatic heterocycles. The number of imidazole rings is 1. The van der Waals surface area contributed by atoms with Crippen molar-refractivity contribution in [3.8, 4) is 5.75 Å². The molecule has 20 heavy (non-hydrogen) atoms. The van der Waals surface area contributed by atoms with E-state index in [2.05, 4.69) is 15.3 Å². The maximum atomic E-state index is 11.6. The number of carbonyl (C=O) groups is 1. The Bertz CT molecular complexity index is 622. The number of carbonyl (C=O) groups excluding carboxylic acids is 1. The van der Waals surface area contributed by atoms with E-state index in [0.717, 1.165) is 34.8 Å². The first kappa shape index (κ1) is 13.3. The molecule has 0 unspecified atom stereocenters. The minimum absolute atomic E-state index is 0.0768. The van der Waals surface area contributed by atoms with Gasteiger partial charge >= 0.3 is 0 Å². The van der Waals surface area contributed by atoms with Crippen LogP contribution in [0.15, 0.2) is 23.4 Å². The normalized spacial score (nSPS) is 14.4. The Balaban J connectivity index is 1.64. The van der Waals surface area contributed by atoms with Gasteiger partial charge in [-0.15, -0.1) is 0 Å². The largest absolute Gasteiger partial charge is 0.494 e. The van der Waals surface area contributed by atoms with Gasteiger partial charge in [0.25, 0.3) is 0 Å². The van der Waals surface area contributed by atoms with Crippen molar-refractivity contribution in [2.24, 2.45) is 0 Å². The lowest BCUT2D eigenvalue weighted by Gasteiger charge is -2.01. The van der Waals surface area contributed by atoms with E-state index < -0.39 is 0 Å². The molecule has 5 nitrogen and oxygen atoms in total. The average molecular weight is 291 g/mol. The molecule has 0 aliphatic heterocycles. The first-order chi connectivity index (χ1) is 9.74. The zero-order valence-corrected chi connectivity index (χ0v) is 12.1. The summed E-state index contributed by atoms with van der Waals surface area (Å²) in [4.78, 5) is 19.3. The molecule has 0 saturated heterocycles. The van der Waals surface area contributed by atoms with Crippen LogP contribution in [0.3, 0.4) is 0 Å². The lowest BCUT2D eigenvalue weighted by molar-refractivity contribution is -0.118. The van der Waals surface area contributed by atoms with Crippen molar-refractivity contribution >= 4 is 28.7 Å². The molecule has 0 bridgehead atoms. The molecule has 1 aliphatic rings. The third-order valence-corrected chi connectivity index (χ3v) is 3.90. The number of benzene rings is 1. The van der Waals surface area contributed by atoms with E-state index in [9.17, 15) is 4.79 Å². The van der Waals surface area contributed by atoms with Gasteiger partial charge in [-0.25, -0.2) is 4.98 Å². The van der Waals surface area contributed by atoms with Gasteiger partial charge in [-0.1, -0.05) is 11.8 Å². The molecule has 1 saturated carbocycles. The highest BCUT2D eigenvalue weighted by Crippen LogP contribution is 2.24. The Morgan fingerprint density at radius 2 is 2.40 bits per heavy atom. The van der Waals surface area contributed by atoms with Crippen LogP contribution in [0, 0.1) is 0 Å². The van der Waals surface area contributed by atoms with Crippen LogP contribution in [-0.4, -0.2) is 34.3 Å². The molecule has 0 atom stereocenters. The fourth-order valence-corrected chi connectivity index (χ4v) is 2.62. The molecule has 1 aliphatic carbocycles. The van der Waals surface area contributed by atoms with Crippen LogP contribution < -0.4 is 10.1 Å². The molecule has 2 N–H and O–H groups in total. The van der Waals surface area contributed by atoms with Gasteiger partial charge in [0, 0.05) is 12.1 Å². The van der Waals surface area contributed by atoms with Crippen molar-refractivity contribution in [2.45, 2.75) is 31.0 Å². The quantitative estimate of drug-likeness (QED) is 0.802. The van der Waals surface area contributed by atoms with Crippen LogP contribution in [0.25, 0.3) is 11.0 Å². The van der Waals surface area contributed by atoms with E-state index in [0.29, 0.717) is 18.4 Å². The number of hydrogen-bond donors (Lipinski definition) is 2. The Morgan fingerprint density at radius 1 is 1.55 bits per heavy atom. The second kappa shape index (κ2) is 5.75. The number of H-pyrrole nitrogens is 1. The highest BCUT2D eigenvalue weighted by atomic mass is 32.2. The molecule has 3 rings (SSSR count). The zero-order chi connectivity index (χ0) is 13.9. The number of aromatic nitrogens is 2. The van der Waals surface area contributed by atoms with E-state index >= 15 is 0 Å². The molecule has 1 aromatic carbocycles. The van der Waals surface area contributed by atoms with Gasteiger partial charge in [-0.2, -0.15) is 0 Å². The summed E-state index contributed by atoms with van der Waals surface area (Å²) in [6, 6.07) is 6.17. The van der Waals surface area contributed by atoms with Gasteiger partial charge in [0.1, 0.15) is 5.75 Å². The summed E-state index contributed by atoms with van der Waals surface area (Å²) in [5, 5.41) is 3.73. The van der Waals surface area contributed by atoms with Gasteiger partial charge in [-0.3, -0.25) is 4.79 Å². The fraction of sp³-hybridized carbons (Fsp3) is 0.429. The molecule has 0 spiro atoms. The molecular weight excluding hydrogens is 274 g/mol. The smallest absolute Gasteiger partial charge is 0.230 e. The Hall–Kier alpha value is -1.69. The number of hydrogen-bond acceptors (Lipinski definition) is 4. The van der Waals surface area contributed by atoms with E-state index in [4.69, 9.17) is 4.74 Å². The fourth-order valence-electron chi connectivity index (χ4n) is 1.92. The van der Waals surface area contributed by atoms with Gasteiger partial charge in [0.05, 0.1) is 23.4 Å². The van der Waals surface area contributed by atoms with Gasteiger partial charge in [-0.05, 0) is 31.9 Å². The number of nitrogens with one attached hydrogen (secondary N) is 2. The third-order valence-electron chi connectivity index (χ3n) is 3.03. The number of fused-ring (bicyclic) bond motifs is 1.